The minimum Gasteiger partial charge on any atom is -0.492 e. The Labute approximate surface area is 143 Å². The third kappa shape index (κ3) is 5.09. The van der Waals surface area contributed by atoms with Crippen molar-refractivity contribution in [2.75, 3.05) is 32.8 Å². The van der Waals surface area contributed by atoms with E-state index in [-0.39, 0.29) is 24.8 Å². The summed E-state index contributed by atoms with van der Waals surface area (Å²) in [4.78, 5) is 26.3. The van der Waals surface area contributed by atoms with Gasteiger partial charge < -0.3 is 15.4 Å². The number of nitrogens with two attached hydrogens (primary N) is 1. The average molecular weight is 359 g/mol. The Balaban J connectivity index is 1.88. The van der Waals surface area contributed by atoms with E-state index >= 15 is 0 Å². The number of nitrogens with zero attached hydrogens (tertiary/aromatic N) is 2. The molecule has 0 saturated carbocycles. The standard InChI is InChI=1S/C16H20F3N3O3/c1-11(23)22-6-5-21(10-14(22)15(20)24)7-8-25-13-4-2-3-12(9-13)16(17,18)19/h2-4,9,14H,5-8,10H2,1H3,(H2,20,24)/t14-/m0/s1. The highest BCUT2D eigenvalue weighted by Gasteiger charge is 2.32. The molecule has 0 spiro atoms. The second-order valence-electron chi connectivity index (χ2n) is 5.81. The zero-order valence-electron chi connectivity index (χ0n) is 13.8. The van der Waals surface area contributed by atoms with Gasteiger partial charge in [-0.15, -0.1) is 0 Å². The van der Waals surface area contributed by atoms with Gasteiger partial charge in [-0.2, -0.15) is 13.2 Å². The van der Waals surface area contributed by atoms with Crippen LogP contribution in [0, 0.1) is 0 Å². The van der Waals surface area contributed by atoms with E-state index in [1.54, 1.807) is 0 Å². The van der Waals surface area contributed by atoms with Crippen molar-refractivity contribution in [2.24, 2.45) is 5.73 Å². The Morgan fingerprint density at radius 2 is 2.04 bits per heavy atom. The molecule has 1 atom stereocenters. The van der Waals surface area contributed by atoms with E-state index in [9.17, 15) is 22.8 Å². The zero-order valence-corrected chi connectivity index (χ0v) is 13.8. The highest BCUT2D eigenvalue weighted by molar-refractivity contribution is 5.86. The molecule has 138 valence electrons. The summed E-state index contributed by atoms with van der Waals surface area (Å²) in [7, 11) is 0. The Hall–Kier alpha value is -2.29. The molecule has 2 N–H and O–H groups in total. The smallest absolute Gasteiger partial charge is 0.416 e. The Morgan fingerprint density at radius 1 is 1.32 bits per heavy atom. The van der Waals surface area contributed by atoms with Gasteiger partial charge in [-0.05, 0) is 18.2 Å². The summed E-state index contributed by atoms with van der Waals surface area (Å²) in [5, 5.41) is 0. The van der Waals surface area contributed by atoms with E-state index in [0.717, 1.165) is 12.1 Å². The molecule has 9 heteroatoms. The molecule has 25 heavy (non-hydrogen) atoms. The number of carbonyl (C=O) groups excluding carboxylic acids is 2. The van der Waals surface area contributed by atoms with Gasteiger partial charge in [0.25, 0.3) is 0 Å². The third-order valence-electron chi connectivity index (χ3n) is 4.03. The van der Waals surface area contributed by atoms with E-state index in [4.69, 9.17) is 10.5 Å². The maximum atomic E-state index is 12.7. The van der Waals surface area contributed by atoms with Gasteiger partial charge in [0.1, 0.15) is 18.4 Å². The second-order valence-corrected chi connectivity index (χ2v) is 5.81. The van der Waals surface area contributed by atoms with Gasteiger partial charge in [0, 0.05) is 33.1 Å². The molecule has 1 aromatic rings. The first-order chi connectivity index (χ1) is 11.7. The third-order valence-corrected chi connectivity index (χ3v) is 4.03. The summed E-state index contributed by atoms with van der Waals surface area (Å²) in [6, 6.07) is 3.95. The van der Waals surface area contributed by atoms with Crippen LogP contribution in [0.15, 0.2) is 24.3 Å². The number of primary amides is 1. The molecule has 1 saturated heterocycles. The Bertz CT molecular complexity index is 637. The van der Waals surface area contributed by atoms with Crippen molar-refractivity contribution in [3.8, 4) is 5.75 Å². The van der Waals surface area contributed by atoms with Crippen LogP contribution >= 0.6 is 0 Å². The maximum Gasteiger partial charge on any atom is 0.416 e. The summed E-state index contributed by atoms with van der Waals surface area (Å²) in [5.74, 6) is -0.675. The number of piperazine rings is 1. The fraction of sp³-hybridized carbons (Fsp3) is 0.500. The molecule has 0 aromatic heterocycles. The summed E-state index contributed by atoms with van der Waals surface area (Å²) < 4.78 is 43.4. The lowest BCUT2D eigenvalue weighted by atomic mass is 10.1. The van der Waals surface area contributed by atoms with Crippen molar-refractivity contribution in [1.82, 2.24) is 9.80 Å². The van der Waals surface area contributed by atoms with Crippen LogP contribution in [0.5, 0.6) is 5.75 Å². The lowest BCUT2D eigenvalue weighted by molar-refractivity contribution is -0.141. The van der Waals surface area contributed by atoms with Gasteiger partial charge >= 0.3 is 6.18 Å². The molecule has 2 rings (SSSR count). The van der Waals surface area contributed by atoms with Gasteiger partial charge in [-0.3, -0.25) is 14.5 Å². The van der Waals surface area contributed by atoms with Crippen molar-refractivity contribution >= 4 is 11.8 Å². The molecule has 6 nitrogen and oxygen atoms in total. The summed E-state index contributed by atoms with van der Waals surface area (Å²) in [6.45, 7) is 3.13. The van der Waals surface area contributed by atoms with Crippen LogP contribution in [0.25, 0.3) is 0 Å². The number of benzene rings is 1. The van der Waals surface area contributed by atoms with E-state index in [0.29, 0.717) is 19.6 Å². The number of halogens is 3. The number of rotatable bonds is 5. The van der Waals surface area contributed by atoms with Gasteiger partial charge in [0.15, 0.2) is 0 Å². The van der Waals surface area contributed by atoms with Crippen LogP contribution in [0.3, 0.4) is 0 Å². The van der Waals surface area contributed by atoms with E-state index < -0.39 is 23.7 Å². The molecular formula is C16H20F3N3O3. The first kappa shape index (κ1) is 19.0. The van der Waals surface area contributed by atoms with Crippen LogP contribution < -0.4 is 10.5 Å². The SMILES string of the molecule is CC(=O)N1CCN(CCOc2cccc(C(F)(F)F)c2)C[C@H]1C(N)=O. The first-order valence-electron chi connectivity index (χ1n) is 7.77. The van der Waals surface area contributed by atoms with Crippen LogP contribution in [-0.2, 0) is 15.8 Å². The van der Waals surface area contributed by atoms with E-state index in [1.165, 1.54) is 24.0 Å². The maximum absolute atomic E-state index is 12.7. The largest absolute Gasteiger partial charge is 0.492 e. The molecule has 0 bridgehead atoms. The highest BCUT2D eigenvalue weighted by atomic mass is 19.4. The van der Waals surface area contributed by atoms with Crippen LogP contribution in [0.1, 0.15) is 12.5 Å². The second kappa shape index (κ2) is 7.73. The minimum atomic E-state index is -4.42. The quantitative estimate of drug-likeness (QED) is 0.854. The molecule has 1 fully saturated rings. The lowest BCUT2D eigenvalue weighted by Crippen LogP contribution is -2.59. The molecule has 1 aliphatic rings. The predicted molar refractivity (Wildman–Crippen MR) is 83.7 cm³/mol. The number of carbonyl (C=O) groups is 2. The molecular weight excluding hydrogens is 339 g/mol. The van der Waals surface area contributed by atoms with Gasteiger partial charge in [0.05, 0.1) is 5.56 Å². The monoisotopic (exact) mass is 359 g/mol. The van der Waals surface area contributed by atoms with Crippen molar-refractivity contribution in [1.29, 1.82) is 0 Å². The minimum absolute atomic E-state index is 0.128. The fourth-order valence-corrected chi connectivity index (χ4v) is 2.72. The molecule has 1 heterocycles. The average Bonchev–Trinajstić information content (AvgIpc) is 2.54. The summed E-state index contributed by atoms with van der Waals surface area (Å²) in [5.41, 5.74) is 4.57. The van der Waals surface area contributed by atoms with Gasteiger partial charge in [-0.25, -0.2) is 0 Å². The van der Waals surface area contributed by atoms with Gasteiger partial charge in [0.2, 0.25) is 11.8 Å². The number of alkyl halides is 3. The van der Waals surface area contributed by atoms with Crippen molar-refractivity contribution < 1.29 is 27.5 Å². The Morgan fingerprint density at radius 3 is 2.64 bits per heavy atom. The zero-order chi connectivity index (χ0) is 18.6. The molecule has 0 aliphatic carbocycles. The van der Waals surface area contributed by atoms with Crippen molar-refractivity contribution in [2.45, 2.75) is 19.1 Å². The van der Waals surface area contributed by atoms with E-state index in [1.807, 2.05) is 4.90 Å². The van der Waals surface area contributed by atoms with Crippen molar-refractivity contribution in [3.63, 3.8) is 0 Å². The number of hydrogen-bond donors (Lipinski definition) is 1. The molecule has 0 unspecified atom stereocenters. The normalized spacial score (nSPS) is 18.9. The predicted octanol–water partition coefficient (Wildman–Crippen LogP) is 1.10. The highest BCUT2D eigenvalue weighted by Crippen LogP contribution is 2.31. The van der Waals surface area contributed by atoms with Gasteiger partial charge in [-0.1, -0.05) is 6.07 Å². The molecule has 1 aromatic carbocycles. The fourth-order valence-electron chi connectivity index (χ4n) is 2.72. The molecule has 0 radical (unpaired) electrons. The van der Waals surface area contributed by atoms with E-state index in [2.05, 4.69) is 0 Å². The van der Waals surface area contributed by atoms with Crippen LogP contribution in [-0.4, -0.2) is 60.4 Å². The van der Waals surface area contributed by atoms with Crippen LogP contribution in [0.4, 0.5) is 13.2 Å². The van der Waals surface area contributed by atoms with Crippen LogP contribution in [0.2, 0.25) is 0 Å². The first-order valence-corrected chi connectivity index (χ1v) is 7.77. The topological polar surface area (TPSA) is 75.9 Å². The number of amides is 2. The van der Waals surface area contributed by atoms with Crippen molar-refractivity contribution in [3.05, 3.63) is 29.8 Å². The number of hydrogen-bond acceptors (Lipinski definition) is 4. The molecule has 1 aliphatic heterocycles. The summed E-state index contributed by atoms with van der Waals surface area (Å²) >= 11 is 0. The number of ether oxygens (including phenoxy) is 1. The summed E-state index contributed by atoms with van der Waals surface area (Å²) in [6.07, 6.45) is -4.42. The lowest BCUT2D eigenvalue weighted by Gasteiger charge is -2.39. The molecule has 2 amide bonds. The Kier molecular flexibility index (Phi) is 5.89.